The van der Waals surface area contributed by atoms with E-state index in [-0.39, 0.29) is 29.5 Å². The molecule has 0 spiro atoms. The first-order valence-corrected chi connectivity index (χ1v) is 10.3. The molecule has 9 heteroatoms. The summed E-state index contributed by atoms with van der Waals surface area (Å²) in [6, 6.07) is 9.10. The molecule has 1 atom stereocenters. The average molecular weight is 380 g/mol. The molecule has 0 N–H and O–H groups in total. The number of thiophene rings is 1. The Morgan fingerprint density at radius 1 is 1.24 bits per heavy atom. The smallest absolute Gasteiger partial charge is 0.270 e. The maximum Gasteiger partial charge on any atom is 0.270 e. The van der Waals surface area contributed by atoms with E-state index in [2.05, 4.69) is 0 Å². The summed E-state index contributed by atoms with van der Waals surface area (Å²) in [6.07, 6.45) is 0.323. The van der Waals surface area contributed by atoms with Crippen molar-refractivity contribution in [2.45, 2.75) is 11.7 Å². The molecule has 1 aromatic carbocycles. The quantitative estimate of drug-likeness (QED) is 0.602. The molecule has 1 aromatic heterocycles. The second-order valence-electron chi connectivity index (χ2n) is 5.76. The minimum Gasteiger partial charge on any atom is -0.338 e. The first kappa shape index (κ1) is 17.6. The van der Waals surface area contributed by atoms with Crippen LogP contribution in [0.15, 0.2) is 41.8 Å². The van der Waals surface area contributed by atoms with Gasteiger partial charge in [0, 0.05) is 35.7 Å². The van der Waals surface area contributed by atoms with Gasteiger partial charge in [-0.15, -0.1) is 11.3 Å². The molecule has 1 saturated heterocycles. The number of carbonyl (C=O) groups excluding carboxylic acids is 1. The maximum absolute atomic E-state index is 12.6. The van der Waals surface area contributed by atoms with Gasteiger partial charge >= 0.3 is 0 Å². The third kappa shape index (κ3) is 3.72. The maximum atomic E-state index is 12.6. The lowest BCUT2D eigenvalue weighted by Crippen LogP contribution is -2.33. The summed E-state index contributed by atoms with van der Waals surface area (Å²) in [4.78, 5) is 25.2. The van der Waals surface area contributed by atoms with Crippen LogP contribution in [-0.2, 0) is 9.84 Å². The van der Waals surface area contributed by atoms with Gasteiger partial charge in [-0.2, -0.15) is 0 Å². The van der Waals surface area contributed by atoms with E-state index in [0.717, 1.165) is 4.88 Å². The largest absolute Gasteiger partial charge is 0.338 e. The Hall–Kier alpha value is -2.26. The number of benzene rings is 1. The number of hydrogen-bond acceptors (Lipinski definition) is 6. The fourth-order valence-corrected chi connectivity index (χ4v) is 5.88. The molecule has 25 heavy (non-hydrogen) atoms. The SMILES string of the molecule is O=C(c1cccc([N+](=O)[O-])c1)N1CCC(c2cccs2)S(=O)(=O)CC1. The predicted octanol–water partition coefficient (Wildman–Crippen LogP) is 2.66. The predicted molar refractivity (Wildman–Crippen MR) is 94.5 cm³/mol. The van der Waals surface area contributed by atoms with Crippen LogP contribution in [0.2, 0.25) is 0 Å². The second kappa shape index (κ2) is 6.93. The van der Waals surface area contributed by atoms with E-state index in [0.29, 0.717) is 13.0 Å². The van der Waals surface area contributed by atoms with Gasteiger partial charge in [-0.1, -0.05) is 12.1 Å². The van der Waals surface area contributed by atoms with Crippen molar-refractivity contribution < 1.29 is 18.1 Å². The fraction of sp³-hybridized carbons (Fsp3) is 0.312. The monoisotopic (exact) mass is 380 g/mol. The van der Waals surface area contributed by atoms with Gasteiger partial charge in [-0.3, -0.25) is 14.9 Å². The number of nitrogens with zero attached hydrogens (tertiary/aromatic N) is 2. The Morgan fingerprint density at radius 2 is 2.04 bits per heavy atom. The van der Waals surface area contributed by atoms with Gasteiger partial charge in [-0.25, -0.2) is 8.42 Å². The molecule has 1 unspecified atom stereocenters. The minimum absolute atomic E-state index is 0.0890. The van der Waals surface area contributed by atoms with Crippen molar-refractivity contribution >= 4 is 32.8 Å². The van der Waals surface area contributed by atoms with Crippen LogP contribution in [0, 0.1) is 10.1 Å². The lowest BCUT2D eigenvalue weighted by atomic mass is 10.1. The van der Waals surface area contributed by atoms with Crippen molar-refractivity contribution in [3.05, 3.63) is 62.3 Å². The van der Waals surface area contributed by atoms with Crippen LogP contribution in [0.1, 0.15) is 26.9 Å². The molecule has 0 saturated carbocycles. The van der Waals surface area contributed by atoms with Crippen LogP contribution in [0.5, 0.6) is 0 Å². The van der Waals surface area contributed by atoms with E-state index in [9.17, 15) is 23.3 Å². The highest BCUT2D eigenvalue weighted by Gasteiger charge is 2.33. The highest BCUT2D eigenvalue weighted by atomic mass is 32.2. The number of rotatable bonds is 3. The summed E-state index contributed by atoms with van der Waals surface area (Å²) in [7, 11) is -3.34. The molecule has 7 nitrogen and oxygen atoms in total. The van der Waals surface area contributed by atoms with Crippen LogP contribution in [0.4, 0.5) is 5.69 Å². The van der Waals surface area contributed by atoms with Gasteiger partial charge < -0.3 is 4.90 Å². The molecule has 1 aliphatic heterocycles. The molecule has 0 aliphatic carbocycles. The molecule has 1 fully saturated rings. The molecule has 3 rings (SSSR count). The number of carbonyl (C=O) groups is 1. The van der Waals surface area contributed by atoms with Gasteiger partial charge in [0.25, 0.3) is 11.6 Å². The van der Waals surface area contributed by atoms with E-state index in [4.69, 9.17) is 0 Å². The van der Waals surface area contributed by atoms with Crippen molar-refractivity contribution in [2.75, 3.05) is 18.8 Å². The molecule has 1 amide bonds. The average Bonchev–Trinajstić information content (AvgIpc) is 3.06. The van der Waals surface area contributed by atoms with Gasteiger partial charge in [0.15, 0.2) is 9.84 Å². The molecule has 132 valence electrons. The van der Waals surface area contributed by atoms with E-state index in [1.165, 1.54) is 40.5 Å². The first-order valence-electron chi connectivity index (χ1n) is 7.67. The summed E-state index contributed by atoms with van der Waals surface area (Å²) in [5.41, 5.74) is 0.0333. The lowest BCUT2D eigenvalue weighted by molar-refractivity contribution is -0.384. The Bertz CT molecular complexity index is 893. The minimum atomic E-state index is -3.34. The Kier molecular flexibility index (Phi) is 4.87. The molecular formula is C16H16N2O5S2. The zero-order valence-electron chi connectivity index (χ0n) is 13.2. The van der Waals surface area contributed by atoms with E-state index < -0.39 is 20.0 Å². The highest BCUT2D eigenvalue weighted by Crippen LogP contribution is 2.32. The number of non-ortho nitro benzene ring substituents is 1. The molecule has 1 aliphatic rings. The first-order chi connectivity index (χ1) is 11.9. The third-order valence-electron chi connectivity index (χ3n) is 4.19. The zero-order valence-corrected chi connectivity index (χ0v) is 14.8. The van der Waals surface area contributed by atoms with Gasteiger partial charge in [-0.05, 0) is 23.9 Å². The second-order valence-corrected chi connectivity index (χ2v) is 9.04. The van der Waals surface area contributed by atoms with Crippen molar-refractivity contribution in [3.63, 3.8) is 0 Å². The van der Waals surface area contributed by atoms with Gasteiger partial charge in [0.2, 0.25) is 0 Å². The van der Waals surface area contributed by atoms with Crippen LogP contribution >= 0.6 is 11.3 Å². The van der Waals surface area contributed by atoms with E-state index >= 15 is 0 Å². The van der Waals surface area contributed by atoms with Crippen molar-refractivity contribution in [3.8, 4) is 0 Å². The lowest BCUT2D eigenvalue weighted by Gasteiger charge is -2.19. The Labute approximate surface area is 149 Å². The number of sulfone groups is 1. The number of nitro benzene ring substituents is 1. The summed E-state index contributed by atoms with van der Waals surface area (Å²) in [5, 5.41) is 12.1. The number of nitro groups is 1. The highest BCUT2D eigenvalue weighted by molar-refractivity contribution is 7.91. The topological polar surface area (TPSA) is 97.6 Å². The van der Waals surface area contributed by atoms with Gasteiger partial charge in [0.05, 0.1) is 15.9 Å². The Morgan fingerprint density at radius 3 is 2.72 bits per heavy atom. The fourth-order valence-electron chi connectivity index (χ4n) is 2.88. The Balaban J connectivity index is 1.82. The molecule has 2 heterocycles. The molecular weight excluding hydrogens is 364 g/mol. The number of hydrogen-bond donors (Lipinski definition) is 0. The standard InChI is InChI=1S/C16H16N2O5S2/c19-16(12-3-1-4-13(11-12)18(20)21)17-7-6-15(14-5-2-9-24-14)25(22,23)10-8-17/h1-5,9,11,15H,6-8,10H2. The zero-order chi connectivity index (χ0) is 18.0. The van der Waals surface area contributed by atoms with Gasteiger partial charge in [0.1, 0.15) is 0 Å². The molecule has 0 bridgehead atoms. The summed E-state index contributed by atoms with van der Waals surface area (Å²) >= 11 is 1.39. The normalized spacial score (nSPS) is 20.0. The summed E-state index contributed by atoms with van der Waals surface area (Å²) in [6.45, 7) is 0.384. The summed E-state index contributed by atoms with van der Waals surface area (Å²) in [5.74, 6) is -0.498. The van der Waals surface area contributed by atoms with Crippen LogP contribution < -0.4 is 0 Å². The molecule has 0 radical (unpaired) electrons. The van der Waals surface area contributed by atoms with Crippen molar-refractivity contribution in [1.29, 1.82) is 0 Å². The van der Waals surface area contributed by atoms with Crippen molar-refractivity contribution in [1.82, 2.24) is 4.90 Å². The third-order valence-corrected chi connectivity index (χ3v) is 7.44. The van der Waals surface area contributed by atoms with Crippen molar-refractivity contribution in [2.24, 2.45) is 0 Å². The molecule has 2 aromatic rings. The van der Waals surface area contributed by atoms with Crippen LogP contribution in [0.3, 0.4) is 0 Å². The van der Waals surface area contributed by atoms with E-state index in [1.807, 2.05) is 11.4 Å². The van der Waals surface area contributed by atoms with Crippen LogP contribution in [0.25, 0.3) is 0 Å². The van der Waals surface area contributed by atoms with E-state index in [1.54, 1.807) is 6.07 Å². The summed E-state index contributed by atoms with van der Waals surface area (Å²) < 4.78 is 25.1. The van der Waals surface area contributed by atoms with Crippen LogP contribution in [-0.4, -0.2) is 43.0 Å². The number of amides is 1.